The number of aliphatic hydroxyl groups excluding tert-OH is 1. The molecule has 13 heavy (non-hydrogen) atoms. The predicted molar refractivity (Wildman–Crippen MR) is 49.0 cm³/mol. The lowest BCUT2D eigenvalue weighted by molar-refractivity contribution is 0.00588. The average Bonchev–Trinajstić information content (AvgIpc) is 2.45. The molecule has 70 valence electrons. The van der Waals surface area contributed by atoms with Gasteiger partial charge in [0.2, 0.25) is 0 Å². The van der Waals surface area contributed by atoms with Crippen LogP contribution in [0.1, 0.15) is 9.80 Å². The van der Waals surface area contributed by atoms with E-state index < -0.39 is 0 Å². The summed E-state index contributed by atoms with van der Waals surface area (Å²) in [7, 11) is 0. The molecule has 1 amide bonds. The fourth-order valence-electron chi connectivity index (χ4n) is 1.11. The molecule has 2 heterocycles. The lowest BCUT2D eigenvalue weighted by Gasteiger charge is -2.35. The number of rotatable bonds is 1. The van der Waals surface area contributed by atoms with Gasteiger partial charge in [0.15, 0.2) is 5.01 Å². The summed E-state index contributed by atoms with van der Waals surface area (Å²) >= 11 is 6.80. The van der Waals surface area contributed by atoms with Crippen molar-refractivity contribution >= 4 is 28.8 Å². The van der Waals surface area contributed by atoms with Crippen molar-refractivity contribution in [2.24, 2.45) is 0 Å². The Morgan fingerprint density at radius 2 is 2.46 bits per heavy atom. The van der Waals surface area contributed by atoms with Crippen LogP contribution in [0.3, 0.4) is 0 Å². The van der Waals surface area contributed by atoms with E-state index in [1.54, 1.807) is 10.3 Å². The van der Waals surface area contributed by atoms with Crippen LogP contribution in [0.25, 0.3) is 0 Å². The lowest BCUT2D eigenvalue weighted by Crippen LogP contribution is -2.53. The molecule has 4 nitrogen and oxygen atoms in total. The van der Waals surface area contributed by atoms with Crippen LogP contribution < -0.4 is 0 Å². The van der Waals surface area contributed by atoms with E-state index in [4.69, 9.17) is 16.7 Å². The van der Waals surface area contributed by atoms with E-state index >= 15 is 0 Å². The fourth-order valence-corrected chi connectivity index (χ4v) is 2.02. The summed E-state index contributed by atoms with van der Waals surface area (Å²) < 4.78 is 0. The number of halogens is 1. The van der Waals surface area contributed by atoms with Crippen molar-refractivity contribution in [2.75, 3.05) is 13.1 Å². The van der Waals surface area contributed by atoms with E-state index in [-0.39, 0.29) is 12.0 Å². The summed E-state index contributed by atoms with van der Waals surface area (Å²) in [6.07, 6.45) is -0.376. The third kappa shape index (κ3) is 1.67. The topological polar surface area (TPSA) is 53.4 Å². The Hall–Kier alpha value is -0.650. The number of amides is 1. The highest BCUT2D eigenvalue weighted by molar-refractivity contribution is 7.12. The molecular formula is C7H7ClN2O2S. The first kappa shape index (κ1) is 8.93. The van der Waals surface area contributed by atoms with Crippen LogP contribution in [0.2, 0.25) is 5.15 Å². The zero-order valence-electron chi connectivity index (χ0n) is 6.61. The summed E-state index contributed by atoms with van der Waals surface area (Å²) in [6.45, 7) is 0.798. The van der Waals surface area contributed by atoms with Gasteiger partial charge in [0.1, 0.15) is 5.15 Å². The summed E-state index contributed by atoms with van der Waals surface area (Å²) in [5, 5.41) is 11.3. The maximum Gasteiger partial charge on any atom is 0.283 e. The monoisotopic (exact) mass is 218 g/mol. The van der Waals surface area contributed by atoms with E-state index in [1.165, 1.54) is 11.3 Å². The molecule has 0 aliphatic carbocycles. The van der Waals surface area contributed by atoms with Crippen LogP contribution in [0.5, 0.6) is 0 Å². The first-order valence-electron chi connectivity index (χ1n) is 3.75. The predicted octanol–water partition coefficient (Wildman–Crippen LogP) is 0.613. The van der Waals surface area contributed by atoms with Crippen molar-refractivity contribution in [1.29, 1.82) is 0 Å². The van der Waals surface area contributed by atoms with Crippen molar-refractivity contribution in [2.45, 2.75) is 6.10 Å². The Kier molecular flexibility index (Phi) is 2.23. The molecule has 0 bridgehead atoms. The zero-order chi connectivity index (χ0) is 9.42. The highest BCUT2D eigenvalue weighted by Crippen LogP contribution is 2.18. The molecule has 0 atom stereocenters. The van der Waals surface area contributed by atoms with Gasteiger partial charge in [0, 0.05) is 18.5 Å². The van der Waals surface area contributed by atoms with Gasteiger partial charge in [-0.1, -0.05) is 11.6 Å². The van der Waals surface area contributed by atoms with Gasteiger partial charge < -0.3 is 10.0 Å². The Morgan fingerprint density at radius 1 is 1.77 bits per heavy atom. The normalized spacial score (nSPS) is 17.2. The molecule has 1 aliphatic heterocycles. The van der Waals surface area contributed by atoms with Gasteiger partial charge in [-0.3, -0.25) is 4.79 Å². The van der Waals surface area contributed by atoms with Gasteiger partial charge in [-0.2, -0.15) is 0 Å². The minimum absolute atomic E-state index is 0.151. The zero-order valence-corrected chi connectivity index (χ0v) is 8.18. The quantitative estimate of drug-likeness (QED) is 0.752. The molecule has 1 aromatic heterocycles. The number of aromatic nitrogens is 1. The summed E-state index contributed by atoms with van der Waals surface area (Å²) in [6, 6.07) is 0. The second-order valence-electron chi connectivity index (χ2n) is 2.84. The number of carbonyl (C=O) groups is 1. The molecule has 0 saturated carbocycles. The number of nitrogens with zero attached hydrogens (tertiary/aromatic N) is 2. The second kappa shape index (κ2) is 3.25. The fraction of sp³-hybridized carbons (Fsp3) is 0.429. The first-order valence-corrected chi connectivity index (χ1v) is 5.01. The maximum absolute atomic E-state index is 11.5. The highest BCUT2D eigenvalue weighted by atomic mass is 35.5. The van der Waals surface area contributed by atoms with Gasteiger partial charge in [0.05, 0.1) is 6.10 Å². The van der Waals surface area contributed by atoms with E-state index in [0.717, 1.165) is 0 Å². The lowest BCUT2D eigenvalue weighted by atomic mass is 10.2. The van der Waals surface area contributed by atoms with Crippen molar-refractivity contribution in [3.63, 3.8) is 0 Å². The van der Waals surface area contributed by atoms with E-state index in [1.807, 2.05) is 0 Å². The minimum atomic E-state index is -0.376. The molecular weight excluding hydrogens is 212 g/mol. The number of hydrogen-bond donors (Lipinski definition) is 1. The number of thiazole rings is 1. The molecule has 0 radical (unpaired) electrons. The van der Waals surface area contributed by atoms with Gasteiger partial charge in [-0.05, 0) is 0 Å². The standard InChI is InChI=1S/C7H7ClN2O2S/c8-5-3-13-6(9-5)7(12)10-1-4(11)2-10/h3-4,11H,1-2H2. The molecule has 0 spiro atoms. The molecule has 1 aromatic rings. The molecule has 0 unspecified atom stereocenters. The van der Waals surface area contributed by atoms with Crippen LogP contribution in [-0.2, 0) is 0 Å². The molecule has 0 aromatic carbocycles. The van der Waals surface area contributed by atoms with Crippen molar-refractivity contribution in [3.8, 4) is 0 Å². The average molecular weight is 219 g/mol. The molecule has 1 N–H and O–H groups in total. The smallest absolute Gasteiger partial charge is 0.283 e. The van der Waals surface area contributed by atoms with Gasteiger partial charge in [-0.25, -0.2) is 4.98 Å². The Balaban J connectivity index is 2.06. The summed E-state index contributed by atoms with van der Waals surface area (Å²) in [5.41, 5.74) is 0. The molecule has 2 rings (SSSR count). The van der Waals surface area contributed by atoms with Crippen LogP contribution in [0, 0.1) is 0 Å². The van der Waals surface area contributed by atoms with Crippen LogP contribution in [-0.4, -0.2) is 40.1 Å². The summed E-state index contributed by atoms with van der Waals surface area (Å²) in [4.78, 5) is 16.9. The number of hydrogen-bond acceptors (Lipinski definition) is 4. The molecule has 1 aliphatic rings. The minimum Gasteiger partial charge on any atom is -0.389 e. The van der Waals surface area contributed by atoms with E-state index in [0.29, 0.717) is 23.3 Å². The third-order valence-electron chi connectivity index (χ3n) is 1.81. The Morgan fingerprint density at radius 3 is 2.92 bits per heavy atom. The van der Waals surface area contributed by atoms with Crippen LogP contribution >= 0.6 is 22.9 Å². The Bertz CT molecular complexity index is 335. The number of aliphatic hydroxyl groups is 1. The summed E-state index contributed by atoms with van der Waals surface area (Å²) in [5.74, 6) is -0.151. The van der Waals surface area contributed by atoms with Gasteiger partial charge >= 0.3 is 0 Å². The Labute approximate surface area is 83.8 Å². The maximum atomic E-state index is 11.5. The second-order valence-corrected chi connectivity index (χ2v) is 4.08. The number of carbonyl (C=O) groups excluding carboxylic acids is 1. The largest absolute Gasteiger partial charge is 0.389 e. The van der Waals surface area contributed by atoms with Gasteiger partial charge in [0.25, 0.3) is 5.91 Å². The molecule has 1 saturated heterocycles. The SMILES string of the molecule is O=C(c1nc(Cl)cs1)N1CC(O)C1. The first-order chi connectivity index (χ1) is 6.16. The highest BCUT2D eigenvalue weighted by Gasteiger charge is 2.30. The third-order valence-corrected chi connectivity index (χ3v) is 2.96. The van der Waals surface area contributed by atoms with Crippen molar-refractivity contribution in [3.05, 3.63) is 15.5 Å². The van der Waals surface area contributed by atoms with Crippen LogP contribution in [0.15, 0.2) is 5.38 Å². The van der Waals surface area contributed by atoms with Crippen molar-refractivity contribution in [1.82, 2.24) is 9.88 Å². The molecule has 6 heteroatoms. The number of β-amino-alcohol motifs (C(OH)–C–C–N with tert-alkyl or cyclic N) is 1. The van der Waals surface area contributed by atoms with Crippen LogP contribution in [0.4, 0.5) is 0 Å². The van der Waals surface area contributed by atoms with Crippen molar-refractivity contribution < 1.29 is 9.90 Å². The van der Waals surface area contributed by atoms with E-state index in [9.17, 15) is 4.79 Å². The van der Waals surface area contributed by atoms with E-state index in [2.05, 4.69) is 4.98 Å². The number of likely N-dealkylation sites (tertiary alicyclic amines) is 1. The van der Waals surface area contributed by atoms with Gasteiger partial charge in [-0.15, -0.1) is 11.3 Å². The molecule has 1 fully saturated rings.